The van der Waals surface area contributed by atoms with E-state index >= 15 is 0 Å². The highest BCUT2D eigenvalue weighted by molar-refractivity contribution is 6.30. The van der Waals surface area contributed by atoms with Gasteiger partial charge in [-0.3, -0.25) is 9.59 Å². The first kappa shape index (κ1) is 24.2. The van der Waals surface area contributed by atoms with E-state index < -0.39 is 23.1 Å². The number of carbonyl (C=O) groups is 1. The van der Waals surface area contributed by atoms with E-state index in [2.05, 4.69) is 0 Å². The monoisotopic (exact) mass is 504 g/mol. The maximum atomic E-state index is 13.7. The van der Waals surface area contributed by atoms with Crippen molar-refractivity contribution in [2.24, 2.45) is 0 Å². The molecule has 1 aromatic heterocycles. The first-order chi connectivity index (χ1) is 16.7. The third kappa shape index (κ3) is 5.41. The highest BCUT2D eigenvalue weighted by Crippen LogP contribution is 2.38. The van der Waals surface area contributed by atoms with Crippen molar-refractivity contribution < 1.29 is 36.6 Å². The van der Waals surface area contributed by atoms with Crippen LogP contribution in [0.3, 0.4) is 0 Å². The zero-order valence-electron chi connectivity index (χ0n) is 18.0. The lowest BCUT2D eigenvalue weighted by atomic mass is 10.1. The smallest absolute Gasteiger partial charge is 0.453 e. The molecule has 0 saturated heterocycles. The topological polar surface area (TPSA) is 75.0 Å². The fourth-order valence-corrected chi connectivity index (χ4v) is 3.28. The van der Waals surface area contributed by atoms with Gasteiger partial charge in [0.05, 0.1) is 12.5 Å². The largest absolute Gasteiger partial charge is 0.497 e. The molecule has 0 spiro atoms. The van der Waals surface area contributed by atoms with E-state index in [0.29, 0.717) is 16.3 Å². The number of hydrogen-bond donors (Lipinski definition) is 0. The number of methoxy groups -OCH3 is 1. The molecule has 0 aliphatic rings. The Balaban J connectivity index is 1.65. The first-order valence-electron chi connectivity index (χ1n) is 10.1. The number of hydrogen-bond acceptors (Lipinski definition) is 6. The van der Waals surface area contributed by atoms with Crippen LogP contribution in [0.1, 0.15) is 16.1 Å². The summed E-state index contributed by atoms with van der Waals surface area (Å²) >= 11 is 5.80. The van der Waals surface area contributed by atoms with Crippen LogP contribution in [0.25, 0.3) is 11.0 Å². The molecule has 6 nitrogen and oxygen atoms in total. The van der Waals surface area contributed by atoms with Gasteiger partial charge in [-0.15, -0.1) is 0 Å². The third-order valence-corrected chi connectivity index (χ3v) is 5.15. The van der Waals surface area contributed by atoms with Crippen LogP contribution in [0.4, 0.5) is 13.2 Å². The van der Waals surface area contributed by atoms with Crippen LogP contribution in [0.5, 0.6) is 23.0 Å². The molecule has 4 rings (SSSR count). The van der Waals surface area contributed by atoms with Gasteiger partial charge in [-0.05, 0) is 60.7 Å². The molecule has 4 aromatic rings. The maximum absolute atomic E-state index is 13.7. The Morgan fingerprint density at radius 1 is 0.943 bits per heavy atom. The molecule has 180 valence electrons. The highest BCUT2D eigenvalue weighted by Gasteiger charge is 2.40. The molecular weight excluding hydrogens is 489 g/mol. The molecule has 3 aromatic carbocycles. The summed E-state index contributed by atoms with van der Waals surface area (Å²) in [6.07, 6.45) is -5.02. The van der Waals surface area contributed by atoms with Gasteiger partial charge in [0.25, 0.3) is 5.76 Å². The lowest BCUT2D eigenvalue weighted by Gasteiger charge is -2.14. The van der Waals surface area contributed by atoms with Crippen LogP contribution in [-0.2, 0) is 6.18 Å². The van der Waals surface area contributed by atoms with Gasteiger partial charge in [0.2, 0.25) is 11.2 Å². The lowest BCUT2D eigenvalue weighted by Crippen LogP contribution is -2.15. The van der Waals surface area contributed by atoms with Crippen molar-refractivity contribution in [1.29, 1.82) is 0 Å². The quantitative estimate of drug-likeness (QED) is 0.266. The van der Waals surface area contributed by atoms with E-state index in [9.17, 15) is 22.8 Å². The fraction of sp³-hybridized carbons (Fsp3) is 0.120. The molecule has 0 N–H and O–H groups in total. The molecule has 1 heterocycles. The Hall–Kier alpha value is -3.98. The Bertz CT molecular complexity index is 1430. The molecule has 0 amide bonds. The summed E-state index contributed by atoms with van der Waals surface area (Å²) in [7, 11) is 1.43. The molecule has 35 heavy (non-hydrogen) atoms. The number of fused-ring (bicyclic) bond motifs is 1. The zero-order chi connectivity index (χ0) is 25.2. The summed E-state index contributed by atoms with van der Waals surface area (Å²) in [6.45, 7) is -0.387. The molecule has 0 aliphatic heterocycles. The number of benzene rings is 3. The predicted molar refractivity (Wildman–Crippen MR) is 122 cm³/mol. The minimum atomic E-state index is -5.02. The van der Waals surface area contributed by atoms with Crippen molar-refractivity contribution in [3.05, 3.63) is 93.3 Å². The Morgan fingerprint density at radius 2 is 1.57 bits per heavy atom. The first-order valence-corrected chi connectivity index (χ1v) is 10.4. The Kier molecular flexibility index (Phi) is 6.70. The number of carbonyl (C=O) groups excluding carboxylic acids is 1. The summed E-state index contributed by atoms with van der Waals surface area (Å²) in [6, 6.07) is 15.5. The normalized spacial score (nSPS) is 11.3. The minimum Gasteiger partial charge on any atom is -0.497 e. The van der Waals surface area contributed by atoms with Crippen molar-refractivity contribution in [3.63, 3.8) is 0 Å². The molecule has 10 heteroatoms. The number of Topliss-reactive ketones (excluding diaryl/α,β-unsaturated/α-hetero) is 1. The van der Waals surface area contributed by atoms with Crippen molar-refractivity contribution in [2.75, 3.05) is 13.7 Å². The highest BCUT2D eigenvalue weighted by atomic mass is 35.5. The molecule has 0 bridgehead atoms. The standard InChI is InChI=1S/C25H16ClF3O6/c1-32-16-6-8-17(9-7-16)34-23-22(31)19-11-10-18(12-21(19)35-24(23)25(27,28)29)33-13-20(30)14-2-4-15(26)5-3-14/h2-12H,13H2,1H3. The van der Waals surface area contributed by atoms with E-state index in [1.807, 2.05) is 0 Å². The summed E-state index contributed by atoms with van der Waals surface area (Å²) in [4.78, 5) is 25.2. The van der Waals surface area contributed by atoms with Gasteiger partial charge in [-0.1, -0.05) is 11.6 Å². The SMILES string of the molecule is COc1ccc(Oc2c(C(F)(F)F)oc3cc(OCC(=O)c4ccc(Cl)cc4)ccc3c2=O)cc1. The average Bonchev–Trinajstić information content (AvgIpc) is 2.84. The van der Waals surface area contributed by atoms with Crippen molar-refractivity contribution in [1.82, 2.24) is 0 Å². The van der Waals surface area contributed by atoms with Gasteiger partial charge in [0.1, 0.15) is 22.8 Å². The van der Waals surface area contributed by atoms with Crippen molar-refractivity contribution in [2.45, 2.75) is 6.18 Å². The summed E-state index contributed by atoms with van der Waals surface area (Å²) in [5.41, 5.74) is -1.04. The third-order valence-electron chi connectivity index (χ3n) is 4.90. The number of rotatable bonds is 7. The minimum absolute atomic E-state index is 0.0105. The molecule has 0 radical (unpaired) electrons. The second kappa shape index (κ2) is 9.71. The van der Waals surface area contributed by atoms with Crippen LogP contribution in [0, 0.1) is 0 Å². The molecule has 0 atom stereocenters. The summed E-state index contributed by atoms with van der Waals surface area (Å²) in [5.74, 6) is -2.48. The number of halogens is 4. The average molecular weight is 505 g/mol. The predicted octanol–water partition coefficient (Wildman–Crippen LogP) is 6.53. The van der Waals surface area contributed by atoms with Crippen LogP contribution >= 0.6 is 11.6 Å². The van der Waals surface area contributed by atoms with Gasteiger partial charge in [-0.2, -0.15) is 13.2 Å². The van der Waals surface area contributed by atoms with Crippen molar-refractivity contribution >= 4 is 28.4 Å². The maximum Gasteiger partial charge on any atom is 0.453 e. The Labute approximate surface area is 201 Å². The number of alkyl halides is 3. The van der Waals surface area contributed by atoms with Crippen LogP contribution in [0.15, 0.2) is 75.9 Å². The van der Waals surface area contributed by atoms with Gasteiger partial charge in [-0.25, -0.2) is 0 Å². The second-order valence-corrected chi connectivity index (χ2v) is 7.68. The van der Waals surface area contributed by atoms with E-state index in [1.165, 1.54) is 55.6 Å². The Morgan fingerprint density at radius 3 is 2.20 bits per heavy atom. The van der Waals surface area contributed by atoms with Crippen molar-refractivity contribution in [3.8, 4) is 23.0 Å². The molecule has 0 aliphatic carbocycles. The summed E-state index contributed by atoms with van der Waals surface area (Å²) < 4.78 is 61.9. The van der Waals surface area contributed by atoms with E-state index in [4.69, 9.17) is 30.2 Å². The van der Waals surface area contributed by atoms with E-state index in [1.54, 1.807) is 12.1 Å². The van der Waals surface area contributed by atoms with Gasteiger partial charge < -0.3 is 18.6 Å². The van der Waals surface area contributed by atoms with Gasteiger partial charge in [0, 0.05) is 16.7 Å². The van der Waals surface area contributed by atoms with Crippen LogP contribution in [-0.4, -0.2) is 19.5 Å². The number of ether oxygens (including phenoxy) is 3. The van der Waals surface area contributed by atoms with Gasteiger partial charge in [0.15, 0.2) is 12.4 Å². The van der Waals surface area contributed by atoms with Gasteiger partial charge >= 0.3 is 6.18 Å². The molecule has 0 saturated carbocycles. The lowest BCUT2D eigenvalue weighted by molar-refractivity contribution is -0.154. The molecule has 0 fully saturated rings. The fourth-order valence-electron chi connectivity index (χ4n) is 3.16. The zero-order valence-corrected chi connectivity index (χ0v) is 18.8. The van der Waals surface area contributed by atoms with E-state index in [0.717, 1.165) is 6.07 Å². The molecule has 0 unspecified atom stereocenters. The summed E-state index contributed by atoms with van der Waals surface area (Å²) in [5, 5.41) is 0.306. The second-order valence-electron chi connectivity index (χ2n) is 7.24. The van der Waals surface area contributed by atoms with Crippen LogP contribution < -0.4 is 19.6 Å². The van der Waals surface area contributed by atoms with Crippen LogP contribution in [0.2, 0.25) is 5.02 Å². The number of ketones is 1. The van der Waals surface area contributed by atoms with E-state index in [-0.39, 0.29) is 34.9 Å². The molecular formula is C25H16ClF3O6.